The van der Waals surface area contributed by atoms with Gasteiger partial charge in [-0.2, -0.15) is 0 Å². The van der Waals surface area contributed by atoms with Crippen molar-refractivity contribution in [1.82, 2.24) is 4.57 Å². The van der Waals surface area contributed by atoms with E-state index in [9.17, 15) is 14.4 Å². The Morgan fingerprint density at radius 2 is 1.43 bits per heavy atom. The molecule has 0 amide bonds. The van der Waals surface area contributed by atoms with E-state index in [0.717, 1.165) is 5.56 Å². The van der Waals surface area contributed by atoms with Crippen LogP contribution in [-0.4, -0.2) is 30.7 Å². The van der Waals surface area contributed by atoms with Crippen molar-refractivity contribution in [2.75, 3.05) is 14.2 Å². The van der Waals surface area contributed by atoms with E-state index in [-0.39, 0.29) is 23.1 Å². The fourth-order valence-corrected chi connectivity index (χ4v) is 3.01. The van der Waals surface area contributed by atoms with E-state index in [1.807, 2.05) is 36.4 Å². The summed E-state index contributed by atoms with van der Waals surface area (Å²) in [5, 5.41) is 0. The van der Waals surface area contributed by atoms with Crippen molar-refractivity contribution in [3.05, 3.63) is 99.5 Å². The van der Waals surface area contributed by atoms with Crippen LogP contribution in [0.3, 0.4) is 0 Å². The first-order chi connectivity index (χ1) is 13.6. The fourth-order valence-electron chi connectivity index (χ4n) is 3.01. The topological polar surface area (TPSA) is 74.6 Å². The van der Waals surface area contributed by atoms with Crippen LogP contribution >= 0.6 is 0 Å². The Kier molecular flexibility index (Phi) is 5.69. The Bertz CT molecular complexity index is 1060. The highest BCUT2D eigenvalue weighted by Crippen LogP contribution is 2.20. The molecule has 0 bridgehead atoms. The summed E-state index contributed by atoms with van der Waals surface area (Å²) < 4.78 is 11.0. The van der Waals surface area contributed by atoms with E-state index < -0.39 is 17.5 Å². The monoisotopic (exact) mass is 377 g/mol. The summed E-state index contributed by atoms with van der Waals surface area (Å²) in [7, 11) is 2.43. The lowest BCUT2D eigenvalue weighted by Gasteiger charge is -2.16. The number of benzene rings is 2. The third kappa shape index (κ3) is 3.71. The summed E-state index contributed by atoms with van der Waals surface area (Å²) in [5.41, 5.74) is 1.07. The van der Waals surface area contributed by atoms with Crippen LogP contribution < -0.4 is 5.56 Å². The van der Waals surface area contributed by atoms with Gasteiger partial charge in [0, 0.05) is 23.9 Å². The van der Waals surface area contributed by atoms with Crippen LogP contribution in [0.1, 0.15) is 31.8 Å². The second-order valence-electron chi connectivity index (χ2n) is 6.05. The van der Waals surface area contributed by atoms with E-state index in [4.69, 9.17) is 9.47 Å². The van der Waals surface area contributed by atoms with E-state index >= 15 is 0 Å². The first-order valence-corrected chi connectivity index (χ1v) is 8.61. The molecule has 142 valence electrons. The number of methoxy groups -OCH3 is 2. The molecule has 3 rings (SSSR count). The Morgan fingerprint density at radius 1 is 0.857 bits per heavy atom. The van der Waals surface area contributed by atoms with Gasteiger partial charge in [0.2, 0.25) is 0 Å². The molecule has 0 saturated carbocycles. The molecular weight excluding hydrogens is 358 g/mol. The average molecular weight is 377 g/mol. The third-order valence-corrected chi connectivity index (χ3v) is 4.36. The maximum absolute atomic E-state index is 13.3. The van der Waals surface area contributed by atoms with Crippen LogP contribution in [0, 0.1) is 0 Å². The van der Waals surface area contributed by atoms with Gasteiger partial charge in [-0.05, 0) is 17.7 Å². The van der Waals surface area contributed by atoms with Gasteiger partial charge in [0.15, 0.2) is 0 Å². The minimum atomic E-state index is -0.761. The van der Waals surface area contributed by atoms with Gasteiger partial charge < -0.3 is 9.47 Å². The molecule has 6 nitrogen and oxygen atoms in total. The minimum absolute atomic E-state index is 0.0243. The highest BCUT2D eigenvalue weighted by molar-refractivity contribution is 6.04. The number of hydrogen-bond acceptors (Lipinski definition) is 5. The first-order valence-electron chi connectivity index (χ1n) is 8.61. The fraction of sp³-hybridized carbons (Fsp3) is 0.136. The summed E-state index contributed by atoms with van der Waals surface area (Å²) in [6.07, 6.45) is 1.49. The number of carbonyl (C=O) groups excluding carboxylic acids is 2. The number of para-hydroxylation sites is 1. The SMILES string of the molecule is COC(=O)c1cn(-c2ccccc2)c(=O)c(Cc2ccccc2)c1C(=O)OC. The largest absolute Gasteiger partial charge is 0.465 e. The first kappa shape index (κ1) is 19.1. The molecule has 1 aromatic heterocycles. The van der Waals surface area contributed by atoms with Crippen LogP contribution in [0.4, 0.5) is 0 Å². The van der Waals surface area contributed by atoms with Crippen molar-refractivity contribution in [3.63, 3.8) is 0 Å². The van der Waals surface area contributed by atoms with Crippen molar-refractivity contribution in [2.24, 2.45) is 0 Å². The molecule has 0 fully saturated rings. The van der Waals surface area contributed by atoms with Crippen molar-refractivity contribution >= 4 is 11.9 Å². The molecule has 3 aromatic rings. The molecule has 6 heteroatoms. The Morgan fingerprint density at radius 3 is 2.00 bits per heavy atom. The molecule has 0 unspecified atom stereocenters. The van der Waals surface area contributed by atoms with Crippen LogP contribution in [0.15, 0.2) is 71.7 Å². The number of carbonyl (C=O) groups is 2. The molecular formula is C22H19NO5. The molecule has 0 aliphatic carbocycles. The van der Waals surface area contributed by atoms with Gasteiger partial charge in [0.05, 0.1) is 25.3 Å². The predicted molar refractivity (Wildman–Crippen MR) is 104 cm³/mol. The number of ether oxygens (including phenoxy) is 2. The number of hydrogen-bond donors (Lipinski definition) is 0. The van der Waals surface area contributed by atoms with Crippen molar-refractivity contribution in [3.8, 4) is 5.69 Å². The van der Waals surface area contributed by atoms with E-state index in [1.165, 1.54) is 25.0 Å². The Balaban J connectivity index is 2.33. The molecule has 2 aromatic carbocycles. The molecule has 0 aliphatic rings. The Labute approximate surface area is 162 Å². The number of pyridine rings is 1. The smallest absolute Gasteiger partial charge is 0.340 e. The summed E-state index contributed by atoms with van der Waals surface area (Å²) in [4.78, 5) is 38.2. The predicted octanol–water partition coefficient (Wildman–Crippen LogP) is 3.00. The maximum atomic E-state index is 13.3. The van der Waals surface area contributed by atoms with Gasteiger partial charge in [-0.25, -0.2) is 9.59 Å². The number of esters is 2. The van der Waals surface area contributed by atoms with Crippen LogP contribution in [0.5, 0.6) is 0 Å². The molecule has 0 N–H and O–H groups in total. The molecule has 0 radical (unpaired) electrons. The highest BCUT2D eigenvalue weighted by Gasteiger charge is 2.27. The van der Waals surface area contributed by atoms with Gasteiger partial charge >= 0.3 is 11.9 Å². The van der Waals surface area contributed by atoms with Gasteiger partial charge in [0.25, 0.3) is 5.56 Å². The van der Waals surface area contributed by atoms with Crippen LogP contribution in [-0.2, 0) is 15.9 Å². The summed E-state index contributed by atoms with van der Waals surface area (Å²) in [5.74, 6) is -1.48. The second kappa shape index (κ2) is 8.35. The third-order valence-electron chi connectivity index (χ3n) is 4.36. The zero-order chi connectivity index (χ0) is 20.1. The molecule has 28 heavy (non-hydrogen) atoms. The van der Waals surface area contributed by atoms with Crippen LogP contribution in [0.2, 0.25) is 0 Å². The lowest BCUT2D eigenvalue weighted by molar-refractivity contribution is 0.0553. The van der Waals surface area contributed by atoms with E-state index in [1.54, 1.807) is 24.3 Å². The van der Waals surface area contributed by atoms with Crippen LogP contribution in [0.25, 0.3) is 5.69 Å². The minimum Gasteiger partial charge on any atom is -0.465 e. The molecule has 1 heterocycles. The summed E-state index contributed by atoms with van der Waals surface area (Å²) in [6, 6.07) is 18.1. The average Bonchev–Trinajstić information content (AvgIpc) is 2.75. The van der Waals surface area contributed by atoms with Gasteiger partial charge in [-0.1, -0.05) is 48.5 Å². The normalized spacial score (nSPS) is 10.4. The lowest BCUT2D eigenvalue weighted by Crippen LogP contribution is -2.29. The quantitative estimate of drug-likeness (QED) is 0.639. The lowest BCUT2D eigenvalue weighted by atomic mass is 9.97. The highest BCUT2D eigenvalue weighted by atomic mass is 16.5. The molecule has 0 spiro atoms. The van der Waals surface area contributed by atoms with Gasteiger partial charge in [-0.3, -0.25) is 9.36 Å². The van der Waals surface area contributed by atoms with Crippen molar-refractivity contribution < 1.29 is 19.1 Å². The van der Waals surface area contributed by atoms with E-state index in [2.05, 4.69) is 0 Å². The van der Waals surface area contributed by atoms with Gasteiger partial charge in [0.1, 0.15) is 0 Å². The number of nitrogens with zero attached hydrogens (tertiary/aromatic N) is 1. The molecule has 0 saturated heterocycles. The van der Waals surface area contributed by atoms with Gasteiger partial charge in [-0.15, -0.1) is 0 Å². The van der Waals surface area contributed by atoms with Crippen molar-refractivity contribution in [1.29, 1.82) is 0 Å². The molecule has 0 atom stereocenters. The summed E-state index contributed by atoms with van der Waals surface area (Å²) in [6.45, 7) is 0. The number of aromatic nitrogens is 1. The number of rotatable bonds is 5. The molecule has 0 aliphatic heterocycles. The van der Waals surface area contributed by atoms with Crippen molar-refractivity contribution in [2.45, 2.75) is 6.42 Å². The van der Waals surface area contributed by atoms with E-state index in [0.29, 0.717) is 5.69 Å². The standard InChI is InChI=1S/C22H19NO5/c1-27-21(25)18-14-23(16-11-7-4-8-12-16)20(24)17(19(18)22(26)28-2)13-15-9-5-3-6-10-15/h3-12,14H,13H2,1-2H3. The zero-order valence-electron chi connectivity index (χ0n) is 15.5. The second-order valence-corrected chi connectivity index (χ2v) is 6.05. The summed E-state index contributed by atoms with van der Waals surface area (Å²) >= 11 is 0. The Hall–Kier alpha value is -3.67. The maximum Gasteiger partial charge on any atom is 0.340 e. The zero-order valence-corrected chi connectivity index (χ0v) is 15.5.